The molecular formula is C57H84N2O10. The number of hydrogen-bond acceptors (Lipinski definition) is 10. The van der Waals surface area contributed by atoms with Crippen molar-refractivity contribution in [2.24, 2.45) is 41.4 Å². The molecule has 1 amide bonds. The van der Waals surface area contributed by atoms with Crippen LogP contribution in [0.15, 0.2) is 66.4 Å². The minimum Gasteiger partial charge on any atom is -0.488 e. The summed E-state index contributed by atoms with van der Waals surface area (Å²) in [5.74, 6) is -3.18. The number of nitrogens with zero attached hydrogens (tertiary/aromatic N) is 2. The molecule has 14 unspecified atom stereocenters. The lowest BCUT2D eigenvalue weighted by Crippen LogP contribution is -2.61. The van der Waals surface area contributed by atoms with Gasteiger partial charge in [0.15, 0.2) is 5.78 Å². The molecule has 2 bridgehead atoms. The summed E-state index contributed by atoms with van der Waals surface area (Å²) in [6.07, 6.45) is 12.4. The molecule has 0 radical (unpaired) electrons. The summed E-state index contributed by atoms with van der Waals surface area (Å²) >= 11 is 0. The molecule has 4 aliphatic rings. The van der Waals surface area contributed by atoms with Crippen LogP contribution in [0.1, 0.15) is 132 Å². The Bertz CT molecular complexity index is 2160. The van der Waals surface area contributed by atoms with Gasteiger partial charge in [0.2, 0.25) is 0 Å². The van der Waals surface area contributed by atoms with Crippen molar-refractivity contribution in [3.63, 3.8) is 0 Å². The van der Waals surface area contributed by atoms with Gasteiger partial charge in [0, 0.05) is 75.7 Å². The zero-order chi connectivity index (χ0) is 50.2. The molecule has 6 rings (SSSR count). The van der Waals surface area contributed by atoms with E-state index in [-0.39, 0.29) is 85.5 Å². The maximum Gasteiger partial charge on any atom is 0.293 e. The molecular weight excluding hydrogens is 873 g/mol. The monoisotopic (exact) mass is 957 g/mol. The van der Waals surface area contributed by atoms with Gasteiger partial charge in [-0.3, -0.25) is 19.2 Å². The van der Waals surface area contributed by atoms with Crippen molar-refractivity contribution < 1.29 is 48.3 Å². The van der Waals surface area contributed by atoms with Gasteiger partial charge in [-0.25, -0.2) is 0 Å². The first-order chi connectivity index (χ1) is 33.0. The number of methoxy groups -OCH3 is 2. The summed E-state index contributed by atoms with van der Waals surface area (Å²) in [6.45, 7) is 19.3. The van der Waals surface area contributed by atoms with Gasteiger partial charge in [0.05, 0.1) is 30.5 Å². The molecule has 1 aromatic heterocycles. The molecule has 0 spiro atoms. The van der Waals surface area contributed by atoms with Crippen molar-refractivity contribution in [3.05, 3.63) is 66.4 Å². The molecule has 1 saturated heterocycles. The predicted octanol–water partition coefficient (Wildman–Crippen LogP) is 9.42. The molecule has 2 saturated carbocycles. The first kappa shape index (κ1) is 54.4. The largest absolute Gasteiger partial charge is 0.488 e. The van der Waals surface area contributed by atoms with Crippen molar-refractivity contribution >= 4 is 34.2 Å². The molecule has 382 valence electrons. The number of rotatable bonds is 11. The van der Waals surface area contributed by atoms with E-state index in [1.54, 1.807) is 21.1 Å². The third-order valence-corrected chi connectivity index (χ3v) is 16.5. The summed E-state index contributed by atoms with van der Waals surface area (Å²) < 4.78 is 27.2. The minimum absolute atomic E-state index is 0.00325. The number of carbonyl (C=O) groups excluding carboxylic acids is 4. The second kappa shape index (κ2) is 24.5. The Kier molecular flexibility index (Phi) is 19.3. The van der Waals surface area contributed by atoms with Gasteiger partial charge in [-0.1, -0.05) is 57.1 Å². The highest BCUT2D eigenvalue weighted by Crippen LogP contribution is 2.44. The van der Waals surface area contributed by atoms with E-state index >= 15 is 0 Å². The van der Waals surface area contributed by atoms with E-state index in [2.05, 4.69) is 48.5 Å². The van der Waals surface area contributed by atoms with Crippen LogP contribution in [0.25, 0.3) is 10.9 Å². The number of ether oxygens (including phenoxy) is 4. The SMILES string of the molecule is C=CCn1ccc2cc(OC3CCC(C=C(C)C4CC(=O)C5CCCCN5C(=O)C(=O)C5(O)CC(C(OC)CC(C)C/C(C)=C/C(CC)C(=O)CC(O)C4C)C(OC)CC5C)CC3OCC)ccc21. The average molecular weight is 957 g/mol. The lowest BCUT2D eigenvalue weighted by Gasteiger charge is -2.47. The molecule has 14 atom stereocenters. The van der Waals surface area contributed by atoms with Crippen LogP contribution < -0.4 is 4.74 Å². The molecule has 12 heteroatoms. The number of piperidine rings is 1. The third kappa shape index (κ3) is 12.8. The number of benzene rings is 1. The number of allylic oxidation sites excluding steroid dienone is 5. The molecule has 3 fully saturated rings. The Labute approximate surface area is 412 Å². The van der Waals surface area contributed by atoms with Crippen LogP contribution in [0, 0.1) is 41.4 Å². The summed E-state index contributed by atoms with van der Waals surface area (Å²) in [6, 6.07) is 7.39. The second-order valence-corrected chi connectivity index (χ2v) is 21.4. The molecule has 12 nitrogen and oxygen atoms in total. The smallest absolute Gasteiger partial charge is 0.293 e. The van der Waals surface area contributed by atoms with Crippen LogP contribution in [0.2, 0.25) is 0 Å². The normalized spacial score (nSPS) is 36.0. The number of amides is 1. The summed E-state index contributed by atoms with van der Waals surface area (Å²) in [4.78, 5) is 59.5. The number of fused-ring (bicyclic) bond motifs is 4. The first-order valence-electron chi connectivity index (χ1n) is 26.2. The predicted molar refractivity (Wildman–Crippen MR) is 270 cm³/mol. The Balaban J connectivity index is 1.30. The van der Waals surface area contributed by atoms with Crippen molar-refractivity contribution in [1.82, 2.24) is 9.47 Å². The maximum absolute atomic E-state index is 14.9. The van der Waals surface area contributed by atoms with E-state index in [1.807, 2.05) is 52.8 Å². The first-order valence-corrected chi connectivity index (χ1v) is 26.2. The third-order valence-electron chi connectivity index (χ3n) is 16.5. The quantitative estimate of drug-likeness (QED) is 0.165. The standard InChI is InChI=1S/C57H84N2O10/c1-11-22-58-24-21-42-31-43(18-19-46(42)58)69-51-20-17-40(30-54(51)68-13-3)28-37(6)44-32-50(62)47-16-14-15-23-59(47)56(64)55(63)57(65)34-45(53(67-10)29-38(57)7)52(66-9)27-36(5)25-35(4)26-41(12-2)49(61)33-48(60)39(44)8/h11,18-19,21,24,26,28,31,36,38-41,44-45,47-48,51-54,60,65H,1,12-17,20,22-23,25,27,29-30,32-34H2,2-10H3/b35-26+,37-28?. The number of aliphatic hydroxyl groups is 2. The number of aliphatic hydroxyl groups excluding tert-OH is 1. The Morgan fingerprint density at radius 2 is 1.64 bits per heavy atom. The van der Waals surface area contributed by atoms with Gasteiger partial charge in [0.25, 0.3) is 11.7 Å². The van der Waals surface area contributed by atoms with Crippen LogP contribution in [-0.2, 0) is 39.9 Å². The van der Waals surface area contributed by atoms with Crippen molar-refractivity contribution in [3.8, 4) is 5.75 Å². The molecule has 2 aliphatic heterocycles. The molecule has 1 aromatic carbocycles. The lowest BCUT2D eigenvalue weighted by atomic mass is 9.65. The average Bonchev–Trinajstić information content (AvgIpc) is 3.73. The Morgan fingerprint density at radius 3 is 2.33 bits per heavy atom. The fourth-order valence-corrected chi connectivity index (χ4v) is 12.5. The van der Waals surface area contributed by atoms with E-state index in [4.69, 9.17) is 18.9 Å². The number of carbonyl (C=O) groups is 4. The zero-order valence-corrected chi connectivity index (χ0v) is 43.2. The highest BCUT2D eigenvalue weighted by molar-refractivity contribution is 6.39. The molecule has 3 heterocycles. The van der Waals surface area contributed by atoms with Gasteiger partial charge in [-0.2, -0.15) is 0 Å². The summed E-state index contributed by atoms with van der Waals surface area (Å²) in [7, 11) is 3.27. The van der Waals surface area contributed by atoms with Crippen LogP contribution in [0.4, 0.5) is 0 Å². The highest BCUT2D eigenvalue weighted by Gasteiger charge is 2.55. The second-order valence-electron chi connectivity index (χ2n) is 21.4. The van der Waals surface area contributed by atoms with Crippen molar-refractivity contribution in [1.29, 1.82) is 0 Å². The molecule has 2 aliphatic carbocycles. The van der Waals surface area contributed by atoms with Crippen LogP contribution in [0.3, 0.4) is 0 Å². The van der Waals surface area contributed by atoms with E-state index in [9.17, 15) is 29.4 Å². The number of aromatic nitrogens is 1. The van der Waals surface area contributed by atoms with Gasteiger partial charge >= 0.3 is 0 Å². The topological polar surface area (TPSA) is 154 Å². The van der Waals surface area contributed by atoms with E-state index in [0.717, 1.165) is 47.2 Å². The fraction of sp³-hybridized carbons (Fsp3) is 0.684. The van der Waals surface area contributed by atoms with Gasteiger partial charge in [-0.05, 0) is 145 Å². The maximum atomic E-state index is 14.9. The summed E-state index contributed by atoms with van der Waals surface area (Å²) in [5, 5.41) is 25.5. The zero-order valence-electron chi connectivity index (χ0n) is 43.2. The Morgan fingerprint density at radius 1 is 0.899 bits per heavy atom. The van der Waals surface area contributed by atoms with Gasteiger partial charge in [0.1, 0.15) is 23.2 Å². The summed E-state index contributed by atoms with van der Waals surface area (Å²) in [5.41, 5.74) is 1.15. The molecule has 69 heavy (non-hydrogen) atoms. The Hall–Kier alpha value is -3.94. The van der Waals surface area contributed by atoms with Crippen LogP contribution in [-0.4, -0.2) is 112 Å². The van der Waals surface area contributed by atoms with Crippen LogP contribution in [0.5, 0.6) is 5.75 Å². The van der Waals surface area contributed by atoms with Crippen LogP contribution >= 0.6 is 0 Å². The van der Waals surface area contributed by atoms with Crippen molar-refractivity contribution in [2.45, 2.75) is 181 Å². The molecule has 2 aromatic rings. The van der Waals surface area contributed by atoms with Crippen molar-refractivity contribution in [2.75, 3.05) is 27.4 Å². The van der Waals surface area contributed by atoms with E-state index < -0.39 is 47.2 Å². The molecule has 2 N–H and O–H groups in total. The highest BCUT2D eigenvalue weighted by atomic mass is 16.5. The minimum atomic E-state index is -1.97. The van der Waals surface area contributed by atoms with E-state index in [1.165, 1.54) is 4.90 Å². The number of Topliss-reactive ketones (excluding diaryl/α,β-unsaturated/α-hetero) is 3. The van der Waals surface area contributed by atoms with Gasteiger partial charge in [-0.15, -0.1) is 6.58 Å². The number of hydrogen-bond donors (Lipinski definition) is 2. The fourth-order valence-electron chi connectivity index (χ4n) is 12.5. The lowest BCUT2D eigenvalue weighted by molar-refractivity contribution is -0.176. The number of ketones is 3. The van der Waals surface area contributed by atoms with E-state index in [0.29, 0.717) is 58.0 Å². The van der Waals surface area contributed by atoms with Gasteiger partial charge < -0.3 is 38.6 Å².